The Bertz CT molecular complexity index is 817. The molecule has 0 atom stereocenters. The number of rotatable bonds is 6. The van der Waals surface area contributed by atoms with Gasteiger partial charge >= 0.3 is 0 Å². The quantitative estimate of drug-likeness (QED) is 0.834. The van der Waals surface area contributed by atoms with Crippen molar-refractivity contribution in [3.8, 4) is 11.6 Å². The summed E-state index contributed by atoms with van der Waals surface area (Å²) >= 11 is 0. The minimum Gasteiger partial charge on any atom is -0.438 e. The van der Waals surface area contributed by atoms with Crippen LogP contribution in [-0.4, -0.2) is 31.6 Å². The van der Waals surface area contributed by atoms with Gasteiger partial charge in [0.25, 0.3) is 5.91 Å². The Hall–Kier alpha value is -2.61. The summed E-state index contributed by atoms with van der Waals surface area (Å²) in [4.78, 5) is 16.3. The fraction of sp³-hybridized carbons (Fsp3) is 0.250. The standard InChI is InChI=1S/C16H19N3O4S/c1-11(2)18-15(20)14-5-4-10-17-16(14)23-13-8-6-12(7-9-13)19-24(3,21)22/h4-11,19H,1-3H3,(H,18,20). The fourth-order valence-electron chi connectivity index (χ4n) is 1.90. The minimum absolute atomic E-state index is 0.00749. The van der Waals surface area contributed by atoms with Crippen molar-refractivity contribution >= 4 is 21.6 Å². The van der Waals surface area contributed by atoms with Crippen LogP contribution >= 0.6 is 0 Å². The van der Waals surface area contributed by atoms with Gasteiger partial charge in [-0.2, -0.15) is 0 Å². The summed E-state index contributed by atoms with van der Waals surface area (Å²) in [6, 6.07) is 9.58. The molecule has 7 nitrogen and oxygen atoms in total. The Labute approximate surface area is 141 Å². The van der Waals surface area contributed by atoms with Gasteiger partial charge in [0.1, 0.15) is 11.3 Å². The molecule has 0 aliphatic heterocycles. The lowest BCUT2D eigenvalue weighted by Gasteiger charge is -2.12. The van der Waals surface area contributed by atoms with Crippen LogP contribution in [0.15, 0.2) is 42.6 Å². The van der Waals surface area contributed by atoms with Crippen LogP contribution in [0.3, 0.4) is 0 Å². The van der Waals surface area contributed by atoms with Crippen LogP contribution in [-0.2, 0) is 10.0 Å². The van der Waals surface area contributed by atoms with E-state index in [9.17, 15) is 13.2 Å². The van der Waals surface area contributed by atoms with E-state index in [1.165, 1.54) is 6.20 Å². The van der Waals surface area contributed by atoms with Crippen molar-refractivity contribution in [2.75, 3.05) is 11.0 Å². The number of hydrogen-bond acceptors (Lipinski definition) is 5. The number of sulfonamides is 1. The molecule has 0 bridgehead atoms. The summed E-state index contributed by atoms with van der Waals surface area (Å²) in [5.74, 6) is 0.342. The molecule has 1 aromatic carbocycles. The highest BCUT2D eigenvalue weighted by Gasteiger charge is 2.15. The van der Waals surface area contributed by atoms with Gasteiger partial charge in [0.2, 0.25) is 15.9 Å². The third kappa shape index (κ3) is 5.24. The second-order valence-corrected chi connectivity index (χ2v) is 7.23. The summed E-state index contributed by atoms with van der Waals surface area (Å²) in [6.07, 6.45) is 2.60. The van der Waals surface area contributed by atoms with E-state index >= 15 is 0 Å². The number of nitrogens with one attached hydrogen (secondary N) is 2. The van der Waals surface area contributed by atoms with E-state index in [4.69, 9.17) is 4.74 Å². The summed E-state index contributed by atoms with van der Waals surface area (Å²) < 4.78 is 30.4. The van der Waals surface area contributed by atoms with Crippen LogP contribution in [0.2, 0.25) is 0 Å². The molecule has 1 heterocycles. The third-order valence-electron chi connectivity index (χ3n) is 2.81. The maximum atomic E-state index is 12.2. The Morgan fingerprint density at radius 2 is 1.83 bits per heavy atom. The van der Waals surface area contributed by atoms with E-state index < -0.39 is 10.0 Å². The number of carbonyl (C=O) groups excluding carboxylic acids is 1. The molecule has 0 aliphatic rings. The van der Waals surface area contributed by atoms with Crippen molar-refractivity contribution in [1.82, 2.24) is 10.3 Å². The molecular weight excluding hydrogens is 330 g/mol. The Balaban J connectivity index is 2.18. The average Bonchev–Trinajstić information content (AvgIpc) is 2.47. The van der Waals surface area contributed by atoms with Crippen molar-refractivity contribution < 1.29 is 17.9 Å². The highest BCUT2D eigenvalue weighted by atomic mass is 32.2. The van der Waals surface area contributed by atoms with Crippen LogP contribution in [0, 0.1) is 0 Å². The van der Waals surface area contributed by atoms with Gasteiger partial charge in [0.05, 0.1) is 6.26 Å². The van der Waals surface area contributed by atoms with E-state index in [-0.39, 0.29) is 17.8 Å². The first-order valence-corrected chi connectivity index (χ1v) is 9.15. The summed E-state index contributed by atoms with van der Waals surface area (Å²) in [5, 5.41) is 2.78. The monoisotopic (exact) mass is 349 g/mol. The van der Waals surface area contributed by atoms with Gasteiger partial charge in [-0.3, -0.25) is 9.52 Å². The van der Waals surface area contributed by atoms with E-state index in [0.29, 0.717) is 17.0 Å². The van der Waals surface area contributed by atoms with Crippen LogP contribution in [0.25, 0.3) is 0 Å². The van der Waals surface area contributed by atoms with E-state index in [1.54, 1.807) is 36.4 Å². The number of pyridine rings is 1. The molecule has 2 rings (SSSR count). The molecule has 0 saturated carbocycles. The normalized spacial score (nSPS) is 11.2. The fourth-order valence-corrected chi connectivity index (χ4v) is 2.47. The van der Waals surface area contributed by atoms with E-state index in [2.05, 4.69) is 15.0 Å². The summed E-state index contributed by atoms with van der Waals surface area (Å²) in [7, 11) is -3.33. The molecule has 0 aliphatic carbocycles. The zero-order valence-electron chi connectivity index (χ0n) is 13.6. The van der Waals surface area contributed by atoms with Crippen LogP contribution in [0.1, 0.15) is 24.2 Å². The largest absolute Gasteiger partial charge is 0.438 e. The average molecular weight is 349 g/mol. The molecule has 2 N–H and O–H groups in total. The van der Waals surface area contributed by atoms with Gasteiger partial charge in [0, 0.05) is 17.9 Å². The molecular formula is C16H19N3O4S. The lowest BCUT2D eigenvalue weighted by Crippen LogP contribution is -2.30. The first kappa shape index (κ1) is 17.7. The predicted octanol–water partition coefficient (Wildman–Crippen LogP) is 2.38. The molecule has 1 aromatic heterocycles. The molecule has 24 heavy (non-hydrogen) atoms. The number of nitrogens with zero attached hydrogens (tertiary/aromatic N) is 1. The molecule has 0 spiro atoms. The van der Waals surface area contributed by atoms with Crippen LogP contribution < -0.4 is 14.8 Å². The van der Waals surface area contributed by atoms with Crippen molar-refractivity contribution in [2.45, 2.75) is 19.9 Å². The van der Waals surface area contributed by atoms with Gasteiger partial charge in [0.15, 0.2) is 0 Å². The smallest absolute Gasteiger partial charge is 0.256 e. The minimum atomic E-state index is -3.33. The molecule has 8 heteroatoms. The maximum Gasteiger partial charge on any atom is 0.256 e. The van der Waals surface area contributed by atoms with E-state index in [1.807, 2.05) is 13.8 Å². The SMILES string of the molecule is CC(C)NC(=O)c1cccnc1Oc1ccc(NS(C)(=O)=O)cc1. The third-order valence-corrected chi connectivity index (χ3v) is 3.41. The molecule has 128 valence electrons. The van der Waals surface area contributed by atoms with Crippen molar-refractivity contribution in [2.24, 2.45) is 0 Å². The Morgan fingerprint density at radius 1 is 1.17 bits per heavy atom. The highest BCUT2D eigenvalue weighted by molar-refractivity contribution is 7.92. The van der Waals surface area contributed by atoms with Gasteiger partial charge < -0.3 is 10.1 Å². The maximum absolute atomic E-state index is 12.2. The number of hydrogen-bond donors (Lipinski definition) is 2. The molecule has 2 aromatic rings. The van der Waals surface area contributed by atoms with Crippen molar-refractivity contribution in [3.63, 3.8) is 0 Å². The Kier molecular flexibility index (Phi) is 5.40. The second kappa shape index (κ2) is 7.31. The first-order valence-electron chi connectivity index (χ1n) is 7.26. The second-order valence-electron chi connectivity index (χ2n) is 5.48. The topological polar surface area (TPSA) is 97.4 Å². The molecule has 0 fully saturated rings. The first-order chi connectivity index (χ1) is 11.2. The number of anilines is 1. The van der Waals surface area contributed by atoms with Crippen LogP contribution in [0.4, 0.5) is 5.69 Å². The molecule has 1 amide bonds. The number of benzene rings is 1. The summed E-state index contributed by atoms with van der Waals surface area (Å²) in [6.45, 7) is 3.73. The van der Waals surface area contributed by atoms with Gasteiger partial charge in [-0.25, -0.2) is 13.4 Å². The molecule has 0 radical (unpaired) electrons. The summed E-state index contributed by atoms with van der Waals surface area (Å²) in [5.41, 5.74) is 0.744. The lowest BCUT2D eigenvalue weighted by molar-refractivity contribution is 0.0940. The van der Waals surface area contributed by atoms with E-state index in [0.717, 1.165) is 6.26 Å². The lowest BCUT2D eigenvalue weighted by atomic mass is 10.2. The zero-order chi connectivity index (χ0) is 17.7. The van der Waals surface area contributed by atoms with Crippen LogP contribution in [0.5, 0.6) is 11.6 Å². The Morgan fingerprint density at radius 3 is 2.42 bits per heavy atom. The van der Waals surface area contributed by atoms with Gasteiger partial charge in [-0.15, -0.1) is 0 Å². The van der Waals surface area contributed by atoms with Crippen molar-refractivity contribution in [1.29, 1.82) is 0 Å². The number of amides is 1. The molecule has 0 unspecified atom stereocenters. The zero-order valence-corrected chi connectivity index (χ0v) is 14.4. The molecule has 0 saturated heterocycles. The number of aromatic nitrogens is 1. The van der Waals surface area contributed by atoms with Gasteiger partial charge in [-0.05, 0) is 50.2 Å². The number of carbonyl (C=O) groups is 1. The van der Waals surface area contributed by atoms with Crippen molar-refractivity contribution in [3.05, 3.63) is 48.2 Å². The van der Waals surface area contributed by atoms with Gasteiger partial charge in [-0.1, -0.05) is 0 Å². The highest BCUT2D eigenvalue weighted by Crippen LogP contribution is 2.24. The predicted molar refractivity (Wildman–Crippen MR) is 91.8 cm³/mol. The number of ether oxygens (including phenoxy) is 1.